The lowest BCUT2D eigenvalue weighted by Gasteiger charge is -2.37. The SMILES string of the molecule is CN(C)C(c1cccs1)C1CCC(CNC(=O)COC2CCN(S(=O)(=O)c3ccc(F)cc3)C2)CC1. The van der Waals surface area contributed by atoms with Crippen LogP contribution >= 0.6 is 11.3 Å². The zero-order valence-electron chi connectivity index (χ0n) is 20.9. The number of carbonyl (C=O) groups is 1. The van der Waals surface area contributed by atoms with Crippen molar-refractivity contribution in [3.63, 3.8) is 0 Å². The van der Waals surface area contributed by atoms with Gasteiger partial charge in [0.2, 0.25) is 15.9 Å². The molecule has 1 aliphatic heterocycles. The minimum absolute atomic E-state index is 0.0595. The highest BCUT2D eigenvalue weighted by atomic mass is 32.2. The summed E-state index contributed by atoms with van der Waals surface area (Å²) in [6.45, 7) is 1.07. The van der Waals surface area contributed by atoms with Crippen LogP contribution in [0, 0.1) is 17.7 Å². The largest absolute Gasteiger partial charge is 0.367 e. The van der Waals surface area contributed by atoms with Crippen LogP contribution < -0.4 is 5.32 Å². The number of sulfonamides is 1. The van der Waals surface area contributed by atoms with Gasteiger partial charge in [-0.2, -0.15) is 4.31 Å². The van der Waals surface area contributed by atoms with Crippen molar-refractivity contribution in [3.05, 3.63) is 52.5 Å². The van der Waals surface area contributed by atoms with Crippen LogP contribution in [0.25, 0.3) is 0 Å². The van der Waals surface area contributed by atoms with Gasteiger partial charge in [0.25, 0.3) is 0 Å². The minimum atomic E-state index is -3.70. The number of hydrogen-bond acceptors (Lipinski definition) is 6. The van der Waals surface area contributed by atoms with Gasteiger partial charge in [-0.3, -0.25) is 4.79 Å². The van der Waals surface area contributed by atoms with Gasteiger partial charge in [-0.1, -0.05) is 6.07 Å². The summed E-state index contributed by atoms with van der Waals surface area (Å²) >= 11 is 1.82. The quantitative estimate of drug-likeness (QED) is 0.498. The van der Waals surface area contributed by atoms with E-state index in [0.29, 0.717) is 37.4 Å². The molecule has 36 heavy (non-hydrogen) atoms. The van der Waals surface area contributed by atoms with Gasteiger partial charge in [-0.05, 0) is 93.7 Å². The van der Waals surface area contributed by atoms with Crippen LogP contribution in [0.3, 0.4) is 0 Å². The zero-order chi connectivity index (χ0) is 25.7. The molecule has 198 valence electrons. The number of benzene rings is 1. The molecule has 1 aliphatic carbocycles. The van der Waals surface area contributed by atoms with Crippen LogP contribution in [0.5, 0.6) is 0 Å². The van der Waals surface area contributed by atoms with E-state index in [2.05, 4.69) is 41.8 Å². The second kappa shape index (κ2) is 12.1. The van der Waals surface area contributed by atoms with Gasteiger partial charge in [-0.25, -0.2) is 12.8 Å². The highest BCUT2D eigenvalue weighted by Crippen LogP contribution is 2.40. The second-order valence-electron chi connectivity index (χ2n) is 10.0. The van der Waals surface area contributed by atoms with Crippen molar-refractivity contribution in [1.29, 1.82) is 0 Å². The fourth-order valence-corrected chi connectivity index (χ4v) is 7.89. The molecular weight excluding hydrogens is 501 g/mol. The molecule has 10 heteroatoms. The third kappa shape index (κ3) is 6.72. The van der Waals surface area contributed by atoms with E-state index in [-0.39, 0.29) is 30.1 Å². The Hall–Kier alpha value is -1.85. The smallest absolute Gasteiger partial charge is 0.246 e. The molecule has 1 amide bonds. The van der Waals surface area contributed by atoms with Crippen molar-refractivity contribution in [1.82, 2.24) is 14.5 Å². The van der Waals surface area contributed by atoms with Gasteiger partial charge in [0.1, 0.15) is 12.4 Å². The molecule has 7 nitrogen and oxygen atoms in total. The Balaban J connectivity index is 1.16. The Kier molecular flexibility index (Phi) is 9.16. The number of nitrogens with one attached hydrogen (secondary N) is 1. The number of halogens is 1. The molecule has 1 saturated carbocycles. The second-order valence-corrected chi connectivity index (χ2v) is 13.0. The molecule has 2 fully saturated rings. The van der Waals surface area contributed by atoms with E-state index in [4.69, 9.17) is 4.74 Å². The van der Waals surface area contributed by atoms with Gasteiger partial charge >= 0.3 is 0 Å². The number of carbonyl (C=O) groups excluding carboxylic acids is 1. The van der Waals surface area contributed by atoms with Crippen LogP contribution in [-0.4, -0.2) is 70.0 Å². The molecule has 2 unspecified atom stereocenters. The number of hydrogen-bond donors (Lipinski definition) is 1. The summed E-state index contributed by atoms with van der Waals surface area (Å²) in [4.78, 5) is 16.2. The molecule has 0 bridgehead atoms. The summed E-state index contributed by atoms with van der Waals surface area (Å²) in [5, 5.41) is 5.15. The molecule has 1 aromatic heterocycles. The van der Waals surface area contributed by atoms with Crippen LogP contribution in [0.1, 0.15) is 43.0 Å². The molecule has 0 spiro atoms. The summed E-state index contributed by atoms with van der Waals surface area (Å²) in [5.41, 5.74) is 0. The monoisotopic (exact) mass is 537 g/mol. The Morgan fingerprint density at radius 2 is 1.89 bits per heavy atom. The summed E-state index contributed by atoms with van der Waals surface area (Å²) in [6.07, 6.45) is 4.69. The fourth-order valence-electron chi connectivity index (χ4n) is 5.39. The first-order valence-corrected chi connectivity index (χ1v) is 14.9. The van der Waals surface area contributed by atoms with Crippen molar-refractivity contribution in [2.45, 2.75) is 49.1 Å². The van der Waals surface area contributed by atoms with Crippen LogP contribution in [0.15, 0.2) is 46.7 Å². The van der Waals surface area contributed by atoms with E-state index in [0.717, 1.165) is 37.8 Å². The topological polar surface area (TPSA) is 79.0 Å². The molecule has 2 aromatic rings. The van der Waals surface area contributed by atoms with Crippen LogP contribution in [0.2, 0.25) is 0 Å². The molecule has 0 radical (unpaired) electrons. The Labute approximate surface area is 217 Å². The minimum Gasteiger partial charge on any atom is -0.367 e. The molecule has 1 N–H and O–H groups in total. The van der Waals surface area contributed by atoms with Crippen molar-refractivity contribution < 1.29 is 22.3 Å². The zero-order valence-corrected chi connectivity index (χ0v) is 22.6. The summed E-state index contributed by atoms with van der Waals surface area (Å²) in [6, 6.07) is 9.60. The summed E-state index contributed by atoms with van der Waals surface area (Å²) < 4.78 is 45.7. The molecular formula is C26H36FN3O4S2. The van der Waals surface area contributed by atoms with Crippen LogP contribution in [-0.2, 0) is 19.6 Å². The van der Waals surface area contributed by atoms with E-state index in [9.17, 15) is 17.6 Å². The first kappa shape index (κ1) is 27.2. The predicted octanol–water partition coefficient (Wildman–Crippen LogP) is 3.89. The normalized spacial score (nSPS) is 24.2. The molecule has 1 aromatic carbocycles. The summed E-state index contributed by atoms with van der Waals surface area (Å²) in [5.74, 6) is 0.457. The maximum atomic E-state index is 13.1. The Morgan fingerprint density at radius 1 is 1.17 bits per heavy atom. The van der Waals surface area contributed by atoms with E-state index < -0.39 is 15.8 Å². The van der Waals surface area contributed by atoms with E-state index in [1.54, 1.807) is 0 Å². The van der Waals surface area contributed by atoms with Gasteiger partial charge in [0, 0.05) is 30.6 Å². The van der Waals surface area contributed by atoms with Crippen LogP contribution in [0.4, 0.5) is 4.39 Å². The van der Waals surface area contributed by atoms with Gasteiger partial charge in [0.05, 0.1) is 11.0 Å². The maximum absolute atomic E-state index is 13.1. The number of amides is 1. The number of nitrogens with zero attached hydrogens (tertiary/aromatic N) is 2. The van der Waals surface area contributed by atoms with Gasteiger partial charge in [-0.15, -0.1) is 11.3 Å². The standard InChI is InChI=1S/C26H36FN3O4S2/c1-29(2)26(24-4-3-15-35-24)20-7-5-19(6-8-20)16-28-25(31)18-34-22-13-14-30(17-22)36(32,33)23-11-9-21(27)10-12-23/h3-4,9-12,15,19-20,22,26H,5-8,13-14,16-18H2,1-2H3,(H,28,31). The van der Waals surface area contributed by atoms with Gasteiger partial charge < -0.3 is 15.0 Å². The van der Waals surface area contributed by atoms with Crippen molar-refractivity contribution >= 4 is 27.3 Å². The molecule has 2 aliphatic rings. The third-order valence-electron chi connectivity index (χ3n) is 7.33. The van der Waals surface area contributed by atoms with E-state index in [1.807, 2.05) is 11.3 Å². The molecule has 2 atom stereocenters. The molecule has 1 saturated heterocycles. The van der Waals surface area contributed by atoms with Gasteiger partial charge in [0.15, 0.2) is 0 Å². The maximum Gasteiger partial charge on any atom is 0.246 e. The van der Waals surface area contributed by atoms with E-state index in [1.165, 1.54) is 21.3 Å². The van der Waals surface area contributed by atoms with Crippen molar-refractivity contribution in [2.24, 2.45) is 11.8 Å². The number of ether oxygens (including phenoxy) is 1. The lowest BCUT2D eigenvalue weighted by atomic mass is 9.77. The number of rotatable bonds is 10. The van der Waals surface area contributed by atoms with E-state index >= 15 is 0 Å². The fraction of sp³-hybridized carbons (Fsp3) is 0.577. The molecule has 2 heterocycles. The predicted molar refractivity (Wildman–Crippen MR) is 139 cm³/mol. The average Bonchev–Trinajstić information content (AvgIpc) is 3.55. The number of thiophene rings is 1. The highest BCUT2D eigenvalue weighted by molar-refractivity contribution is 7.89. The first-order chi connectivity index (χ1) is 17.2. The average molecular weight is 538 g/mol. The Morgan fingerprint density at radius 3 is 2.53 bits per heavy atom. The van der Waals surface area contributed by atoms with Crippen molar-refractivity contribution in [2.75, 3.05) is 40.3 Å². The molecule has 4 rings (SSSR count). The first-order valence-electron chi connectivity index (χ1n) is 12.6. The third-order valence-corrected chi connectivity index (χ3v) is 10.1. The van der Waals surface area contributed by atoms with Crippen molar-refractivity contribution in [3.8, 4) is 0 Å². The lowest BCUT2D eigenvalue weighted by molar-refractivity contribution is -0.127. The summed E-state index contributed by atoms with van der Waals surface area (Å²) in [7, 11) is 0.604. The lowest BCUT2D eigenvalue weighted by Crippen LogP contribution is -2.36. The Bertz CT molecular complexity index is 1080. The highest BCUT2D eigenvalue weighted by Gasteiger charge is 2.34.